The zero-order valence-electron chi connectivity index (χ0n) is 5.78. The second kappa shape index (κ2) is 3.64. The van der Waals surface area contributed by atoms with Crippen LogP contribution >= 0.6 is 46.4 Å². The predicted octanol–water partition coefficient (Wildman–Crippen LogP) is 4.46. The van der Waals surface area contributed by atoms with E-state index in [1.807, 2.05) is 0 Å². The summed E-state index contributed by atoms with van der Waals surface area (Å²) in [5, 5.41) is -20.4. The van der Waals surface area contributed by atoms with E-state index < -0.39 is 21.0 Å². The zero-order chi connectivity index (χ0) is 12.0. The van der Waals surface area contributed by atoms with Crippen molar-refractivity contribution >= 4 is 46.4 Å². The summed E-state index contributed by atoms with van der Waals surface area (Å²) < 4.78 is 73.6. The van der Waals surface area contributed by atoms with E-state index in [-0.39, 0.29) is 0 Å². The molecule has 10 heteroatoms. The Balaban J connectivity index is 5.30. The van der Waals surface area contributed by atoms with Crippen LogP contribution in [-0.4, -0.2) is 21.0 Å². The third kappa shape index (κ3) is 2.28. The smallest absolute Gasteiger partial charge is 0.212 e. The molecule has 0 rings (SSSR count). The molecule has 0 aliphatic carbocycles. The van der Waals surface area contributed by atoms with Gasteiger partial charge in [-0.2, -0.15) is 17.6 Å². The molecule has 14 heavy (non-hydrogen) atoms. The van der Waals surface area contributed by atoms with Gasteiger partial charge in [-0.25, -0.2) is 8.78 Å². The molecular formula is C4Cl4F6. The molecule has 0 N–H and O–H groups in total. The third-order valence-corrected chi connectivity index (χ3v) is 2.91. The van der Waals surface area contributed by atoms with Crippen LogP contribution in [0.3, 0.4) is 0 Å². The van der Waals surface area contributed by atoms with Gasteiger partial charge in [-0.15, -0.1) is 0 Å². The molecule has 0 aromatic carbocycles. The van der Waals surface area contributed by atoms with Crippen LogP contribution in [0.5, 0.6) is 0 Å². The number of halogens is 10. The first-order valence-electron chi connectivity index (χ1n) is 2.64. The topological polar surface area (TPSA) is 0 Å². The fraction of sp³-hybridized carbons (Fsp3) is 1.00. The van der Waals surface area contributed by atoms with E-state index in [4.69, 9.17) is 0 Å². The normalized spacial score (nSPS) is 22.7. The highest BCUT2D eigenvalue weighted by Crippen LogP contribution is 2.57. The average molecular weight is 304 g/mol. The number of hydrogen-bond acceptors (Lipinski definition) is 0. The van der Waals surface area contributed by atoms with E-state index in [1.165, 1.54) is 0 Å². The lowest BCUT2D eigenvalue weighted by atomic mass is 10.2. The Labute approximate surface area is 94.0 Å². The first kappa shape index (κ1) is 14.7. The molecule has 0 aromatic rings. The molecule has 0 aliphatic rings. The lowest BCUT2D eigenvalue weighted by Crippen LogP contribution is -2.57. The summed E-state index contributed by atoms with van der Waals surface area (Å²) in [6.07, 6.45) is 0. The van der Waals surface area contributed by atoms with Gasteiger partial charge in [0.15, 0.2) is 0 Å². The lowest BCUT2D eigenvalue weighted by Gasteiger charge is -2.34. The molecule has 0 fully saturated rings. The van der Waals surface area contributed by atoms with Crippen molar-refractivity contribution in [2.24, 2.45) is 0 Å². The maximum absolute atomic E-state index is 12.7. The van der Waals surface area contributed by atoms with Gasteiger partial charge in [0.05, 0.1) is 0 Å². The van der Waals surface area contributed by atoms with Crippen molar-refractivity contribution in [1.82, 2.24) is 0 Å². The number of alkyl halides is 10. The van der Waals surface area contributed by atoms with Gasteiger partial charge in [0.1, 0.15) is 0 Å². The second-order valence-electron chi connectivity index (χ2n) is 2.14. The first-order chi connectivity index (χ1) is 5.75. The maximum Gasteiger partial charge on any atom is 0.373 e. The summed E-state index contributed by atoms with van der Waals surface area (Å²) in [4.78, 5) is 0. The Hall–Kier alpha value is 0.740. The average Bonchev–Trinajstić information content (AvgIpc) is 1.81. The van der Waals surface area contributed by atoms with Crippen LogP contribution in [0.2, 0.25) is 0 Å². The Morgan fingerprint density at radius 2 is 0.643 bits per heavy atom. The number of rotatable bonds is 3. The summed E-state index contributed by atoms with van der Waals surface area (Å²) in [5.74, 6) is 0. The summed E-state index contributed by atoms with van der Waals surface area (Å²) in [5.41, 5.74) is 0. The summed E-state index contributed by atoms with van der Waals surface area (Å²) in [6, 6.07) is 0. The van der Waals surface area contributed by atoms with Crippen LogP contribution in [0.1, 0.15) is 0 Å². The van der Waals surface area contributed by atoms with Crippen molar-refractivity contribution in [2.45, 2.75) is 21.0 Å². The van der Waals surface area contributed by atoms with E-state index in [1.54, 1.807) is 0 Å². The SMILES string of the molecule is FC(F)(Cl)C(F)(Cl)C(F)(Cl)C(F)(F)Cl. The molecule has 0 spiro atoms. The largest absolute Gasteiger partial charge is 0.373 e. The Morgan fingerprint density at radius 1 is 0.500 bits per heavy atom. The van der Waals surface area contributed by atoms with Crippen LogP contribution in [0.15, 0.2) is 0 Å². The Morgan fingerprint density at radius 3 is 0.714 bits per heavy atom. The molecule has 0 bridgehead atoms. The van der Waals surface area contributed by atoms with E-state index in [0.717, 1.165) is 0 Å². The van der Waals surface area contributed by atoms with Gasteiger partial charge in [0.25, 0.3) is 0 Å². The van der Waals surface area contributed by atoms with Crippen molar-refractivity contribution < 1.29 is 26.3 Å². The molecule has 0 aliphatic heterocycles. The molecule has 0 saturated carbocycles. The van der Waals surface area contributed by atoms with Crippen molar-refractivity contribution in [3.8, 4) is 0 Å². The molecule has 0 amide bonds. The lowest BCUT2D eigenvalue weighted by molar-refractivity contribution is -0.140. The Bertz CT molecular complexity index is 191. The minimum atomic E-state index is -5.16. The molecule has 0 radical (unpaired) electrons. The van der Waals surface area contributed by atoms with Gasteiger partial charge < -0.3 is 0 Å². The van der Waals surface area contributed by atoms with E-state index in [9.17, 15) is 26.3 Å². The van der Waals surface area contributed by atoms with Crippen LogP contribution in [0.4, 0.5) is 26.3 Å². The zero-order valence-corrected chi connectivity index (χ0v) is 8.80. The predicted molar refractivity (Wildman–Crippen MR) is 41.0 cm³/mol. The fourth-order valence-corrected chi connectivity index (χ4v) is 0.951. The van der Waals surface area contributed by atoms with Gasteiger partial charge in [-0.1, -0.05) is 23.2 Å². The maximum atomic E-state index is 12.7. The van der Waals surface area contributed by atoms with Crippen LogP contribution in [-0.2, 0) is 0 Å². The fourth-order valence-electron chi connectivity index (χ4n) is 0.356. The quantitative estimate of drug-likeness (QED) is 0.533. The Kier molecular flexibility index (Phi) is 3.84. The van der Waals surface area contributed by atoms with Gasteiger partial charge in [-0.3, -0.25) is 0 Å². The molecule has 0 saturated heterocycles. The molecule has 2 atom stereocenters. The number of hydrogen-bond donors (Lipinski definition) is 0. The molecule has 86 valence electrons. The monoisotopic (exact) mass is 302 g/mol. The third-order valence-electron chi connectivity index (χ3n) is 1.11. The van der Waals surface area contributed by atoms with Gasteiger partial charge >= 0.3 is 21.0 Å². The van der Waals surface area contributed by atoms with Crippen LogP contribution < -0.4 is 0 Å². The minimum Gasteiger partial charge on any atom is -0.212 e. The molecular weight excluding hydrogens is 304 g/mol. The van der Waals surface area contributed by atoms with E-state index in [2.05, 4.69) is 46.4 Å². The highest BCUT2D eigenvalue weighted by molar-refractivity contribution is 6.41. The van der Waals surface area contributed by atoms with Crippen molar-refractivity contribution in [3.63, 3.8) is 0 Å². The highest BCUT2D eigenvalue weighted by Gasteiger charge is 2.76. The van der Waals surface area contributed by atoms with Crippen LogP contribution in [0.25, 0.3) is 0 Å². The summed E-state index contributed by atoms with van der Waals surface area (Å²) in [6.45, 7) is 0. The second-order valence-corrected chi connectivity index (χ2v) is 4.14. The van der Waals surface area contributed by atoms with Crippen molar-refractivity contribution in [3.05, 3.63) is 0 Å². The standard InChI is InChI=1S/C4Cl4F6/c5-1(9,3(7,11)12)2(6,10)4(8,13)14. The van der Waals surface area contributed by atoms with E-state index in [0.29, 0.717) is 0 Å². The van der Waals surface area contributed by atoms with Gasteiger partial charge in [0, 0.05) is 0 Å². The van der Waals surface area contributed by atoms with E-state index >= 15 is 0 Å². The van der Waals surface area contributed by atoms with Crippen LogP contribution in [0, 0.1) is 0 Å². The molecule has 0 nitrogen and oxygen atoms in total. The van der Waals surface area contributed by atoms with Crippen molar-refractivity contribution in [1.29, 1.82) is 0 Å². The molecule has 0 aromatic heterocycles. The molecule has 0 heterocycles. The van der Waals surface area contributed by atoms with Gasteiger partial charge in [-0.05, 0) is 23.2 Å². The summed E-state index contributed by atoms with van der Waals surface area (Å²) >= 11 is 16.3. The van der Waals surface area contributed by atoms with Gasteiger partial charge in [0.2, 0.25) is 0 Å². The summed E-state index contributed by atoms with van der Waals surface area (Å²) in [7, 11) is 0. The van der Waals surface area contributed by atoms with Crippen molar-refractivity contribution in [2.75, 3.05) is 0 Å². The highest BCUT2D eigenvalue weighted by atomic mass is 35.5. The first-order valence-corrected chi connectivity index (χ1v) is 4.15. The molecule has 2 unspecified atom stereocenters. The minimum absolute atomic E-state index is 3.96.